The molecule has 0 atom stereocenters. The molecule has 0 heterocycles. The maximum atomic E-state index is 10.1. The first kappa shape index (κ1) is 13.1. The molecule has 4 nitrogen and oxygen atoms in total. The molecular weight excluding hydrogens is 331 g/mol. The van der Waals surface area contributed by atoms with Crippen LogP contribution in [0.4, 0.5) is 0 Å². The standard InChI is InChI=1S/C2H4O2.2C2H3O.Pt/c1-2(3)4;2*1-2-3;/h1H3,(H,3,4);2*1H3;/q;;;+1/p-1. The SMILES string of the molecule is CC(=O)[O-].C[C](=O)[Pt+][C](C)=O. The van der Waals surface area contributed by atoms with Gasteiger partial charge in [0, 0.05) is 5.97 Å². The fourth-order valence-electron chi connectivity index (χ4n) is 0.157. The molecule has 0 radical (unpaired) electrons. The predicted octanol–water partition coefficient (Wildman–Crippen LogP) is -1.08. The number of hydrogen-bond donors (Lipinski definition) is 0. The van der Waals surface area contributed by atoms with Gasteiger partial charge in [0.05, 0.1) is 0 Å². The van der Waals surface area contributed by atoms with Gasteiger partial charge in [0.1, 0.15) is 0 Å². The molecule has 0 aliphatic rings. The molecular formula is C6H9O4Pt. The van der Waals surface area contributed by atoms with Crippen molar-refractivity contribution in [1.82, 2.24) is 0 Å². The third-order valence-electron chi connectivity index (χ3n) is 0.223. The fraction of sp³-hybridized carbons (Fsp3) is 0.500. The summed E-state index contributed by atoms with van der Waals surface area (Å²) >= 11 is -0.781. The zero-order chi connectivity index (χ0) is 9.44. The van der Waals surface area contributed by atoms with E-state index in [9.17, 15) is 9.59 Å². The molecule has 0 amide bonds. The second-order valence-corrected chi connectivity index (χ2v) is 5.19. The van der Waals surface area contributed by atoms with Gasteiger partial charge in [0.2, 0.25) is 0 Å². The molecule has 0 aliphatic heterocycles. The molecule has 0 spiro atoms. The van der Waals surface area contributed by atoms with Crippen LogP contribution in [0.25, 0.3) is 0 Å². The number of hydrogen-bond acceptors (Lipinski definition) is 4. The molecule has 11 heavy (non-hydrogen) atoms. The predicted molar refractivity (Wildman–Crippen MR) is 32.0 cm³/mol. The van der Waals surface area contributed by atoms with E-state index >= 15 is 0 Å². The van der Waals surface area contributed by atoms with Crippen molar-refractivity contribution in [3.63, 3.8) is 0 Å². The van der Waals surface area contributed by atoms with Gasteiger partial charge in [0.25, 0.3) is 0 Å². The maximum absolute atomic E-state index is 10.1. The van der Waals surface area contributed by atoms with Crippen molar-refractivity contribution < 1.29 is 38.1 Å². The van der Waals surface area contributed by atoms with Crippen LogP contribution >= 0.6 is 0 Å². The Hall–Kier alpha value is -0.502. The summed E-state index contributed by atoms with van der Waals surface area (Å²) in [5, 5.41) is 8.89. The second kappa shape index (κ2) is 7.60. The Morgan fingerprint density at radius 1 is 1.00 bits per heavy atom. The first-order chi connectivity index (χ1) is 4.86. The van der Waals surface area contributed by atoms with Crippen LogP contribution in [-0.2, 0) is 32.9 Å². The van der Waals surface area contributed by atoms with Gasteiger partial charge in [-0.3, -0.25) is 0 Å². The Labute approximate surface area is 73.5 Å². The van der Waals surface area contributed by atoms with Crippen LogP contribution in [0.1, 0.15) is 20.8 Å². The first-order valence-corrected chi connectivity index (χ1v) is 4.90. The number of carboxylic acids is 1. The fourth-order valence-corrected chi connectivity index (χ4v) is 1.28. The summed E-state index contributed by atoms with van der Waals surface area (Å²) in [5.41, 5.74) is 0. The molecule has 0 aromatic carbocycles. The van der Waals surface area contributed by atoms with Gasteiger partial charge >= 0.3 is 50.3 Å². The van der Waals surface area contributed by atoms with Crippen molar-refractivity contribution >= 4 is 14.3 Å². The minimum absolute atomic E-state index is 0.0486. The van der Waals surface area contributed by atoms with Crippen LogP contribution in [0, 0.1) is 0 Å². The van der Waals surface area contributed by atoms with E-state index < -0.39 is 24.5 Å². The Kier molecular flexibility index (Phi) is 9.07. The number of carbonyl (C=O) groups excluding carboxylic acids is 3. The molecule has 0 aromatic heterocycles. The van der Waals surface area contributed by atoms with E-state index in [4.69, 9.17) is 9.90 Å². The van der Waals surface area contributed by atoms with Crippen LogP contribution < -0.4 is 5.11 Å². The van der Waals surface area contributed by atoms with Crippen molar-refractivity contribution in [3.05, 3.63) is 0 Å². The first-order valence-electron chi connectivity index (χ1n) is 2.63. The van der Waals surface area contributed by atoms with Gasteiger partial charge in [-0.05, 0) is 6.92 Å². The average molecular weight is 340 g/mol. The van der Waals surface area contributed by atoms with E-state index in [1.165, 1.54) is 13.8 Å². The Bertz CT molecular complexity index is 148. The Balaban J connectivity index is 0. The van der Waals surface area contributed by atoms with Gasteiger partial charge in [-0.1, -0.05) is 0 Å². The van der Waals surface area contributed by atoms with Crippen LogP contribution in [0.5, 0.6) is 0 Å². The normalized spacial score (nSPS) is 7.91. The summed E-state index contributed by atoms with van der Waals surface area (Å²) in [7, 11) is 0. The summed E-state index contributed by atoms with van der Waals surface area (Å²) in [4.78, 5) is 29.1. The molecule has 0 bridgehead atoms. The quantitative estimate of drug-likeness (QED) is 0.641. The summed E-state index contributed by atoms with van der Waals surface area (Å²) in [6.07, 6.45) is 0. The van der Waals surface area contributed by atoms with Crippen LogP contribution in [0.3, 0.4) is 0 Å². The molecule has 0 saturated heterocycles. The summed E-state index contributed by atoms with van der Waals surface area (Å²) < 4.78 is 0.0972. The van der Waals surface area contributed by atoms with Crippen molar-refractivity contribution in [3.8, 4) is 0 Å². The van der Waals surface area contributed by atoms with Gasteiger partial charge in [-0.25, -0.2) is 0 Å². The van der Waals surface area contributed by atoms with E-state index in [-0.39, 0.29) is 8.35 Å². The molecule has 0 rings (SSSR count). The van der Waals surface area contributed by atoms with Crippen LogP contribution in [-0.4, -0.2) is 14.3 Å². The van der Waals surface area contributed by atoms with Gasteiger partial charge in [-0.2, -0.15) is 0 Å². The van der Waals surface area contributed by atoms with Gasteiger partial charge in [0.15, 0.2) is 0 Å². The second-order valence-electron chi connectivity index (χ2n) is 1.42. The zero-order valence-corrected chi connectivity index (χ0v) is 8.72. The Morgan fingerprint density at radius 3 is 1.18 bits per heavy atom. The van der Waals surface area contributed by atoms with E-state index in [2.05, 4.69) is 0 Å². The molecule has 0 unspecified atom stereocenters. The summed E-state index contributed by atoms with van der Waals surface area (Å²) in [6.45, 7) is 3.88. The zero-order valence-electron chi connectivity index (χ0n) is 6.45. The third-order valence-corrected chi connectivity index (χ3v) is 1.82. The summed E-state index contributed by atoms with van der Waals surface area (Å²) in [6, 6.07) is 0. The van der Waals surface area contributed by atoms with Crippen molar-refractivity contribution in [2.24, 2.45) is 0 Å². The molecule has 0 aliphatic carbocycles. The number of carbonyl (C=O) groups is 3. The topological polar surface area (TPSA) is 74.3 Å². The monoisotopic (exact) mass is 340 g/mol. The molecule has 0 N–H and O–H groups in total. The molecule has 67 valence electrons. The minimum atomic E-state index is -1.08. The van der Waals surface area contributed by atoms with Crippen molar-refractivity contribution in [1.29, 1.82) is 0 Å². The van der Waals surface area contributed by atoms with Crippen LogP contribution in [0.2, 0.25) is 0 Å². The van der Waals surface area contributed by atoms with Crippen molar-refractivity contribution in [2.75, 3.05) is 0 Å². The van der Waals surface area contributed by atoms with Crippen LogP contribution in [0.15, 0.2) is 0 Å². The van der Waals surface area contributed by atoms with Crippen molar-refractivity contribution in [2.45, 2.75) is 20.8 Å². The molecule has 5 heteroatoms. The molecule has 0 aromatic rings. The van der Waals surface area contributed by atoms with Gasteiger partial charge in [-0.15, -0.1) is 0 Å². The van der Waals surface area contributed by atoms with E-state index in [0.717, 1.165) is 6.92 Å². The van der Waals surface area contributed by atoms with E-state index in [0.29, 0.717) is 0 Å². The Morgan fingerprint density at radius 2 is 1.18 bits per heavy atom. The molecule has 0 fully saturated rings. The number of carboxylic acid groups (broad SMARTS) is 1. The van der Waals surface area contributed by atoms with Gasteiger partial charge < -0.3 is 9.90 Å². The summed E-state index contributed by atoms with van der Waals surface area (Å²) in [5.74, 6) is -1.08. The number of aliphatic carboxylic acids is 1. The number of rotatable bonds is 2. The third kappa shape index (κ3) is 43.6. The molecule has 0 saturated carbocycles. The van der Waals surface area contributed by atoms with E-state index in [1.807, 2.05) is 0 Å². The van der Waals surface area contributed by atoms with E-state index in [1.54, 1.807) is 0 Å². The average Bonchev–Trinajstić information content (AvgIpc) is 1.56.